The van der Waals surface area contributed by atoms with Gasteiger partial charge in [-0.1, -0.05) is 165 Å². The highest BCUT2D eigenvalue weighted by Crippen LogP contribution is 2.60. The van der Waals surface area contributed by atoms with Gasteiger partial charge in [0.2, 0.25) is 0 Å². The molecule has 0 saturated carbocycles. The Morgan fingerprint density at radius 1 is 0.302 bits per heavy atom. The number of fused-ring (bicyclic) bond motifs is 6. The van der Waals surface area contributed by atoms with Crippen molar-refractivity contribution in [3.05, 3.63) is 424 Å². The van der Waals surface area contributed by atoms with Gasteiger partial charge in [0.15, 0.2) is 52.4 Å². The molecule has 0 aromatic heterocycles. The molecule has 0 amide bonds. The van der Waals surface area contributed by atoms with Crippen molar-refractivity contribution in [3.8, 4) is 56.4 Å². The minimum absolute atomic E-state index is 0.00743. The van der Waals surface area contributed by atoms with Gasteiger partial charge in [0, 0.05) is 51.8 Å². The van der Waals surface area contributed by atoms with E-state index in [0.717, 1.165) is 75.3 Å². The van der Waals surface area contributed by atoms with Crippen molar-refractivity contribution in [2.24, 2.45) is 0 Å². The molecule has 0 saturated heterocycles. The maximum Gasteiger partial charge on any atom is 0.194 e. The van der Waals surface area contributed by atoms with E-state index in [1.54, 1.807) is 71.3 Å². The minimum atomic E-state index is -1.64. The molecule has 4 nitrogen and oxygen atoms in total. The van der Waals surface area contributed by atoms with Gasteiger partial charge >= 0.3 is 0 Å². The molecular formula is C93H59F9N2O2. The summed E-state index contributed by atoms with van der Waals surface area (Å²) in [5.74, 6) is -8.80. The lowest BCUT2D eigenvalue weighted by Gasteiger charge is -2.35. The second-order valence-electron chi connectivity index (χ2n) is 26.2. The molecule has 0 radical (unpaired) electrons. The summed E-state index contributed by atoms with van der Waals surface area (Å²) >= 11 is 0. The van der Waals surface area contributed by atoms with Gasteiger partial charge in [0.05, 0.1) is 10.8 Å². The molecule has 13 heteroatoms. The van der Waals surface area contributed by atoms with Gasteiger partial charge in [0.1, 0.15) is 23.0 Å². The summed E-state index contributed by atoms with van der Waals surface area (Å²) in [6, 6.07) is 82.5. The van der Waals surface area contributed by atoms with Crippen molar-refractivity contribution in [2.75, 3.05) is 9.80 Å². The number of allylic oxidation sites excluding steroid dienone is 1. The third kappa shape index (κ3) is 11.5. The number of anilines is 6. The predicted octanol–water partition coefficient (Wildman–Crippen LogP) is 26.2. The topological polar surface area (TPSA) is 24.9 Å². The predicted molar refractivity (Wildman–Crippen MR) is 403 cm³/mol. The van der Waals surface area contributed by atoms with Crippen LogP contribution < -0.4 is 19.3 Å². The highest BCUT2D eigenvalue weighted by molar-refractivity contribution is 5.92. The van der Waals surface area contributed by atoms with Gasteiger partial charge in [0.25, 0.3) is 0 Å². The first kappa shape index (κ1) is 67.4. The SMILES string of the molecule is C=Cc1ccc(Oc2ccc(C3(c4cc(F)c(F)c(F)c4)c4ccccc4-c4ccc(N(c5ccc(-c6ccc(N(c7ccc(F)c(F)c7)c7ccc8c(c7)C(c7ccc(Oc9ccc(C=C)cc9)cc7)(c7cc(F)c(F)c(C(=C)C)c7)c7ccccc7-8)cc6)cc5)c5ccc(F)c(F)c5)cc43)cc2)cc1. The third-order valence-corrected chi connectivity index (χ3v) is 20.1. The van der Waals surface area contributed by atoms with Gasteiger partial charge in [-0.2, -0.15) is 0 Å². The van der Waals surface area contributed by atoms with Crippen LogP contribution in [0, 0.1) is 52.4 Å². The fourth-order valence-corrected chi connectivity index (χ4v) is 15.2. The van der Waals surface area contributed by atoms with E-state index in [9.17, 15) is 0 Å². The molecule has 516 valence electrons. The number of halogens is 9. The Hall–Kier alpha value is -13.1. The molecule has 14 aromatic carbocycles. The van der Waals surface area contributed by atoms with E-state index in [1.165, 1.54) is 18.2 Å². The van der Waals surface area contributed by atoms with Gasteiger partial charge in [-0.05, 0) is 247 Å². The zero-order valence-electron chi connectivity index (χ0n) is 56.6. The van der Waals surface area contributed by atoms with Gasteiger partial charge < -0.3 is 19.3 Å². The Balaban J connectivity index is 0.794. The van der Waals surface area contributed by atoms with Crippen molar-refractivity contribution >= 4 is 51.8 Å². The smallest absolute Gasteiger partial charge is 0.194 e. The molecule has 2 unspecified atom stereocenters. The number of hydrogen-bond donors (Lipinski definition) is 0. The monoisotopic (exact) mass is 1410 g/mol. The molecule has 0 heterocycles. The van der Waals surface area contributed by atoms with E-state index in [2.05, 4.69) is 19.7 Å². The van der Waals surface area contributed by atoms with Crippen LogP contribution in [0.1, 0.15) is 68.1 Å². The normalized spacial score (nSPS) is 14.5. The molecule has 2 aliphatic rings. The van der Waals surface area contributed by atoms with Gasteiger partial charge in [-0.25, -0.2) is 39.5 Å². The lowest BCUT2D eigenvalue weighted by atomic mass is 9.67. The minimum Gasteiger partial charge on any atom is -0.457 e. The highest BCUT2D eigenvalue weighted by Gasteiger charge is 2.49. The van der Waals surface area contributed by atoms with Gasteiger partial charge in [-0.15, -0.1) is 0 Å². The van der Waals surface area contributed by atoms with Crippen molar-refractivity contribution in [2.45, 2.75) is 17.8 Å². The molecule has 0 bridgehead atoms. The van der Waals surface area contributed by atoms with Crippen molar-refractivity contribution in [3.63, 3.8) is 0 Å². The van der Waals surface area contributed by atoms with Crippen molar-refractivity contribution < 1.29 is 49.0 Å². The number of rotatable bonds is 18. The first-order valence-corrected chi connectivity index (χ1v) is 34.0. The quantitative estimate of drug-likeness (QED) is 0.0631. The molecule has 106 heavy (non-hydrogen) atoms. The Bertz CT molecular complexity index is 5820. The second-order valence-corrected chi connectivity index (χ2v) is 26.2. The van der Waals surface area contributed by atoms with Crippen LogP contribution in [0.4, 0.5) is 73.6 Å². The Kier molecular flexibility index (Phi) is 17.1. The van der Waals surface area contributed by atoms with Crippen molar-refractivity contribution in [1.82, 2.24) is 0 Å². The summed E-state index contributed by atoms with van der Waals surface area (Å²) in [7, 11) is 0. The Labute approximate surface area is 606 Å². The lowest BCUT2D eigenvalue weighted by Crippen LogP contribution is -2.29. The van der Waals surface area contributed by atoms with Crippen LogP contribution in [-0.4, -0.2) is 0 Å². The molecule has 14 aromatic rings. The Morgan fingerprint density at radius 2 is 0.632 bits per heavy atom. The fraction of sp³-hybridized carbons (Fsp3) is 0.0323. The van der Waals surface area contributed by atoms with E-state index in [4.69, 9.17) is 9.47 Å². The first-order valence-electron chi connectivity index (χ1n) is 34.0. The van der Waals surface area contributed by atoms with E-state index in [1.807, 2.05) is 194 Å². The summed E-state index contributed by atoms with van der Waals surface area (Å²) < 4.78 is 154. The molecule has 16 rings (SSSR count). The fourth-order valence-electron chi connectivity index (χ4n) is 15.2. The molecular weight excluding hydrogens is 1350 g/mol. The van der Waals surface area contributed by atoms with Crippen LogP contribution in [0.15, 0.2) is 311 Å². The number of hydrogen-bond acceptors (Lipinski definition) is 4. The van der Waals surface area contributed by atoms with Crippen LogP contribution in [0.2, 0.25) is 0 Å². The van der Waals surface area contributed by atoms with Crippen LogP contribution in [-0.2, 0) is 10.8 Å². The maximum atomic E-state index is 16.5. The first-order chi connectivity index (χ1) is 51.4. The summed E-state index contributed by atoms with van der Waals surface area (Å²) in [6.07, 6.45) is 3.45. The highest BCUT2D eigenvalue weighted by atomic mass is 19.2. The van der Waals surface area contributed by atoms with Crippen LogP contribution in [0.5, 0.6) is 23.0 Å². The summed E-state index contributed by atoms with van der Waals surface area (Å²) in [5.41, 5.74) is 10.5. The zero-order valence-corrected chi connectivity index (χ0v) is 56.6. The number of benzene rings is 14. The molecule has 0 fully saturated rings. The average molecular weight is 1410 g/mol. The van der Waals surface area contributed by atoms with E-state index in [0.29, 0.717) is 95.8 Å². The van der Waals surface area contributed by atoms with E-state index in [-0.39, 0.29) is 22.5 Å². The zero-order chi connectivity index (χ0) is 73.3. The lowest BCUT2D eigenvalue weighted by molar-refractivity contribution is 0.443. The van der Waals surface area contributed by atoms with Crippen molar-refractivity contribution in [1.29, 1.82) is 0 Å². The van der Waals surface area contributed by atoms with E-state index >= 15 is 39.5 Å². The summed E-state index contributed by atoms with van der Waals surface area (Å²) in [6.45, 7) is 13.3. The largest absolute Gasteiger partial charge is 0.457 e. The Morgan fingerprint density at radius 3 is 1.01 bits per heavy atom. The average Bonchev–Trinajstić information content (AvgIpc) is 1.53. The molecule has 2 atom stereocenters. The maximum absolute atomic E-state index is 16.5. The number of nitrogens with zero attached hydrogens (tertiary/aromatic N) is 2. The molecule has 0 N–H and O–H groups in total. The molecule has 2 aliphatic carbocycles. The summed E-state index contributed by atoms with van der Waals surface area (Å²) in [4.78, 5) is 3.51. The molecule has 0 spiro atoms. The van der Waals surface area contributed by atoms with Crippen LogP contribution in [0.25, 0.3) is 51.1 Å². The standard InChI is InChI=1S/C93H59F9N2O2/c1-5-56-15-35-70(36-16-56)105-72-39-23-60(24-40-72)92(62-47-78(55(3)4)90(101)87(98)48-62)79-13-9-7-11-74(79)76-43-31-66(51-81(76)92)103(68-33-45-83(94)85(96)53-68)64-27-19-58(20-28-64)59-21-29-65(30-22-59)104(69-34-46-84(95)86(97)54-69)67-32-44-77-75-12-8-10-14-80(75)93(82(77)52-67,63-49-88(99)91(102)89(100)50-63)61-25-41-73(42-26-61)106-71-37-17-57(6-2)18-38-71/h5-54H,1-3H2,4H3. The van der Waals surface area contributed by atoms with Crippen LogP contribution >= 0.6 is 0 Å². The van der Waals surface area contributed by atoms with E-state index < -0.39 is 63.2 Å². The number of ether oxygens (including phenoxy) is 2. The summed E-state index contributed by atoms with van der Waals surface area (Å²) in [5, 5.41) is 0. The van der Waals surface area contributed by atoms with Gasteiger partial charge in [-0.3, -0.25) is 0 Å². The molecule has 0 aliphatic heterocycles. The third-order valence-electron chi connectivity index (χ3n) is 20.1. The second kappa shape index (κ2) is 26.9. The van der Waals surface area contributed by atoms with Crippen LogP contribution in [0.3, 0.4) is 0 Å².